The van der Waals surface area contributed by atoms with Crippen LogP contribution in [0.3, 0.4) is 0 Å². The van der Waals surface area contributed by atoms with Gasteiger partial charge in [-0.1, -0.05) is 32.1 Å². The highest BCUT2D eigenvalue weighted by molar-refractivity contribution is 5.77. The van der Waals surface area contributed by atoms with E-state index in [1.165, 1.54) is 12.1 Å². The lowest BCUT2D eigenvalue weighted by Crippen LogP contribution is -2.31. The molecule has 0 bridgehead atoms. The first-order valence-corrected chi connectivity index (χ1v) is 9.34. The zero-order valence-corrected chi connectivity index (χ0v) is 15.6. The molecule has 1 aromatic heterocycles. The number of aliphatic hydroxyl groups is 1. The fourth-order valence-electron chi connectivity index (χ4n) is 3.30. The number of esters is 1. The second kappa shape index (κ2) is 8.44. The van der Waals surface area contributed by atoms with Crippen molar-refractivity contribution in [1.29, 1.82) is 0 Å². The van der Waals surface area contributed by atoms with Crippen molar-refractivity contribution in [2.45, 2.75) is 51.7 Å². The van der Waals surface area contributed by atoms with Crippen LogP contribution in [0.1, 0.15) is 43.6 Å². The Labute approximate surface area is 158 Å². The van der Waals surface area contributed by atoms with E-state index in [-0.39, 0.29) is 12.2 Å². The van der Waals surface area contributed by atoms with Gasteiger partial charge in [-0.05, 0) is 48.2 Å². The number of carbonyl (C=O) groups is 1. The molecule has 0 unspecified atom stereocenters. The van der Waals surface area contributed by atoms with Gasteiger partial charge in [0, 0.05) is 23.4 Å². The number of aliphatic hydroxyl groups excluding tert-OH is 1. The Morgan fingerprint density at radius 2 is 2.00 bits per heavy atom. The number of halogens is 1. The van der Waals surface area contributed by atoms with E-state index >= 15 is 0 Å². The minimum Gasteiger partial charge on any atom is -0.458 e. The minimum absolute atomic E-state index is 0.0398. The van der Waals surface area contributed by atoms with E-state index in [4.69, 9.17) is 9.72 Å². The van der Waals surface area contributed by atoms with Crippen molar-refractivity contribution < 1.29 is 19.0 Å². The third kappa shape index (κ3) is 4.61. The number of benzene rings is 1. The van der Waals surface area contributed by atoms with E-state index in [9.17, 15) is 14.3 Å². The number of aromatic nitrogens is 1. The quantitative estimate of drug-likeness (QED) is 0.807. The molecule has 27 heavy (non-hydrogen) atoms. The summed E-state index contributed by atoms with van der Waals surface area (Å²) in [7, 11) is 0. The molecule has 1 aromatic carbocycles. The highest BCUT2D eigenvalue weighted by atomic mass is 19.1. The van der Waals surface area contributed by atoms with E-state index in [1.54, 1.807) is 18.2 Å². The maximum absolute atomic E-state index is 13.4. The van der Waals surface area contributed by atoms with E-state index in [0.717, 1.165) is 40.9 Å². The van der Waals surface area contributed by atoms with E-state index < -0.39 is 18.2 Å². The van der Waals surface area contributed by atoms with Crippen LogP contribution in [0.2, 0.25) is 0 Å². The molecule has 2 heterocycles. The van der Waals surface area contributed by atoms with Gasteiger partial charge < -0.3 is 9.84 Å². The van der Waals surface area contributed by atoms with Crippen molar-refractivity contribution in [3.63, 3.8) is 0 Å². The molecule has 2 aromatic rings. The fourth-order valence-corrected chi connectivity index (χ4v) is 3.30. The first kappa shape index (κ1) is 19.2. The number of ether oxygens (including phenoxy) is 1. The summed E-state index contributed by atoms with van der Waals surface area (Å²) in [5.74, 6) is -0.670. The molecule has 1 N–H and O–H groups in total. The molecular weight excluding hydrogens is 345 g/mol. The van der Waals surface area contributed by atoms with Crippen molar-refractivity contribution in [2.75, 3.05) is 0 Å². The van der Waals surface area contributed by atoms with Crippen LogP contribution < -0.4 is 0 Å². The lowest BCUT2D eigenvalue weighted by Gasteiger charge is -2.23. The molecule has 0 amide bonds. The molecule has 5 heteroatoms. The maximum atomic E-state index is 13.4. The molecule has 1 saturated heterocycles. The summed E-state index contributed by atoms with van der Waals surface area (Å²) in [6.45, 7) is 4.09. The van der Waals surface area contributed by atoms with Crippen LogP contribution in [0.5, 0.6) is 0 Å². The van der Waals surface area contributed by atoms with Gasteiger partial charge in [-0.2, -0.15) is 0 Å². The fraction of sp³-hybridized carbons (Fsp3) is 0.364. The van der Waals surface area contributed by atoms with Crippen LogP contribution in [-0.4, -0.2) is 28.3 Å². The van der Waals surface area contributed by atoms with Crippen LogP contribution in [0.4, 0.5) is 4.39 Å². The first-order valence-electron chi connectivity index (χ1n) is 9.34. The summed E-state index contributed by atoms with van der Waals surface area (Å²) in [5, 5.41) is 9.79. The largest absolute Gasteiger partial charge is 0.458 e. The van der Waals surface area contributed by atoms with Crippen LogP contribution in [0.25, 0.3) is 17.2 Å². The highest BCUT2D eigenvalue weighted by Gasteiger charge is 2.25. The van der Waals surface area contributed by atoms with Gasteiger partial charge in [-0.15, -0.1) is 0 Å². The average molecular weight is 369 g/mol. The van der Waals surface area contributed by atoms with Crippen molar-refractivity contribution in [3.05, 3.63) is 59.2 Å². The predicted molar refractivity (Wildman–Crippen MR) is 103 cm³/mol. The van der Waals surface area contributed by atoms with Crippen molar-refractivity contribution in [1.82, 2.24) is 4.98 Å². The number of rotatable bonds is 5. The van der Waals surface area contributed by atoms with Gasteiger partial charge in [0.15, 0.2) is 0 Å². The lowest BCUT2D eigenvalue weighted by molar-refractivity contribution is -0.156. The smallest absolute Gasteiger partial charge is 0.309 e. The molecule has 142 valence electrons. The molecule has 0 spiro atoms. The SMILES string of the molecule is CCc1cc(-c2ccc(F)cc2)c(/C=C/[C@H]2C[C@H](O)CC(=O)O2)c(CC)n1. The molecule has 1 aliphatic rings. The van der Waals surface area contributed by atoms with Crippen molar-refractivity contribution in [3.8, 4) is 11.1 Å². The topological polar surface area (TPSA) is 59.4 Å². The number of nitrogens with zero attached hydrogens (tertiary/aromatic N) is 1. The van der Waals surface area contributed by atoms with Gasteiger partial charge in [0.1, 0.15) is 11.9 Å². The summed E-state index contributed by atoms with van der Waals surface area (Å²) >= 11 is 0. The molecule has 0 aliphatic carbocycles. The normalized spacial score (nSPS) is 20.1. The van der Waals surface area contributed by atoms with Crippen molar-refractivity contribution >= 4 is 12.0 Å². The predicted octanol–water partition coefficient (Wildman–Crippen LogP) is 4.09. The molecule has 1 aliphatic heterocycles. The molecular formula is C22H24FNO3. The molecule has 0 saturated carbocycles. The standard InChI is InChI=1S/C22H24FNO3/c1-3-16-11-20(14-5-7-15(23)8-6-14)19(21(4-2)24-16)10-9-18-12-17(25)13-22(26)27-18/h5-11,17-18,25H,3-4,12-13H2,1-2H3/b10-9+/t17-,18-/m0/s1. The molecule has 0 radical (unpaired) electrons. The highest BCUT2D eigenvalue weighted by Crippen LogP contribution is 2.29. The van der Waals surface area contributed by atoms with Gasteiger partial charge >= 0.3 is 5.97 Å². The van der Waals surface area contributed by atoms with E-state index in [1.807, 2.05) is 19.1 Å². The van der Waals surface area contributed by atoms with Gasteiger partial charge in [0.05, 0.1) is 12.5 Å². The van der Waals surface area contributed by atoms with Crippen LogP contribution in [0, 0.1) is 5.82 Å². The Balaban J connectivity index is 2.03. The third-order valence-corrected chi connectivity index (χ3v) is 4.71. The van der Waals surface area contributed by atoms with Gasteiger partial charge in [0.2, 0.25) is 0 Å². The maximum Gasteiger partial charge on any atom is 0.309 e. The minimum atomic E-state index is -0.677. The Morgan fingerprint density at radius 1 is 1.26 bits per heavy atom. The molecule has 2 atom stereocenters. The Bertz CT molecular complexity index is 845. The summed E-state index contributed by atoms with van der Waals surface area (Å²) in [4.78, 5) is 16.3. The molecule has 4 nitrogen and oxygen atoms in total. The summed E-state index contributed by atoms with van der Waals surface area (Å²) in [6.07, 6.45) is 4.54. The van der Waals surface area contributed by atoms with Gasteiger partial charge in [-0.25, -0.2) is 4.39 Å². The summed E-state index contributed by atoms with van der Waals surface area (Å²) < 4.78 is 18.7. The third-order valence-electron chi connectivity index (χ3n) is 4.71. The second-order valence-corrected chi connectivity index (χ2v) is 6.72. The number of pyridine rings is 1. The molecule has 3 rings (SSSR count). The zero-order valence-electron chi connectivity index (χ0n) is 15.6. The summed E-state index contributed by atoms with van der Waals surface area (Å²) in [5.41, 5.74) is 4.72. The summed E-state index contributed by atoms with van der Waals surface area (Å²) in [6, 6.07) is 8.42. The van der Waals surface area contributed by atoms with E-state index in [0.29, 0.717) is 6.42 Å². The average Bonchev–Trinajstić information content (AvgIpc) is 2.65. The number of hydrogen-bond donors (Lipinski definition) is 1. The van der Waals surface area contributed by atoms with E-state index in [2.05, 4.69) is 6.92 Å². The van der Waals surface area contributed by atoms with Crippen LogP contribution in [0.15, 0.2) is 36.4 Å². The molecule has 1 fully saturated rings. The monoisotopic (exact) mass is 369 g/mol. The Morgan fingerprint density at radius 3 is 2.63 bits per heavy atom. The lowest BCUT2D eigenvalue weighted by atomic mass is 9.95. The van der Waals surface area contributed by atoms with Gasteiger partial charge in [-0.3, -0.25) is 9.78 Å². The van der Waals surface area contributed by atoms with Crippen molar-refractivity contribution in [2.24, 2.45) is 0 Å². The Kier molecular flexibility index (Phi) is 6.01. The Hall–Kier alpha value is -2.53. The van der Waals surface area contributed by atoms with Gasteiger partial charge in [0.25, 0.3) is 0 Å². The van der Waals surface area contributed by atoms with Crippen LogP contribution >= 0.6 is 0 Å². The van der Waals surface area contributed by atoms with Crippen LogP contribution in [-0.2, 0) is 22.4 Å². The second-order valence-electron chi connectivity index (χ2n) is 6.72. The number of aryl methyl sites for hydroxylation is 2. The first-order chi connectivity index (χ1) is 13.0. The zero-order chi connectivity index (χ0) is 19.4. The number of carbonyl (C=O) groups excluding carboxylic acids is 1. The number of hydrogen-bond acceptors (Lipinski definition) is 4. The number of cyclic esters (lactones) is 1.